The van der Waals surface area contributed by atoms with Crippen LogP contribution in [0.4, 0.5) is 0 Å². The molecule has 92 valence electrons. The maximum atomic E-state index is 5.05. The normalized spacial score (nSPS) is 27.5. The molecule has 3 rings (SSSR count). The molecule has 0 aromatic carbocycles. The average Bonchev–Trinajstić information content (AvgIpc) is 2.91. The SMILES string of the molecule is Cc1cc(CSC2=N[C@@H]3CCCC[C@@H]3N2)no1. The Morgan fingerprint density at radius 1 is 1.47 bits per heavy atom. The second-order valence-corrected chi connectivity index (χ2v) is 5.72. The third-order valence-corrected chi connectivity index (χ3v) is 4.29. The van der Waals surface area contributed by atoms with E-state index < -0.39 is 0 Å². The minimum atomic E-state index is 0.519. The summed E-state index contributed by atoms with van der Waals surface area (Å²) in [5.41, 5.74) is 0.992. The molecule has 4 nitrogen and oxygen atoms in total. The highest BCUT2D eigenvalue weighted by Gasteiger charge is 2.30. The van der Waals surface area contributed by atoms with Crippen molar-refractivity contribution in [1.29, 1.82) is 0 Å². The average molecular weight is 251 g/mol. The molecular formula is C12H17N3OS. The molecule has 0 unspecified atom stereocenters. The van der Waals surface area contributed by atoms with Crippen molar-refractivity contribution in [2.24, 2.45) is 4.99 Å². The first kappa shape index (κ1) is 11.1. The van der Waals surface area contributed by atoms with Crippen molar-refractivity contribution in [1.82, 2.24) is 10.5 Å². The van der Waals surface area contributed by atoms with Crippen molar-refractivity contribution >= 4 is 16.9 Å². The lowest BCUT2D eigenvalue weighted by Crippen LogP contribution is -2.36. The van der Waals surface area contributed by atoms with Gasteiger partial charge in [0.05, 0.1) is 17.8 Å². The van der Waals surface area contributed by atoms with Gasteiger partial charge in [0, 0.05) is 11.8 Å². The molecule has 1 fully saturated rings. The number of aromatic nitrogens is 1. The predicted octanol–water partition coefficient (Wildman–Crippen LogP) is 2.49. The van der Waals surface area contributed by atoms with Crippen LogP contribution in [0.5, 0.6) is 0 Å². The van der Waals surface area contributed by atoms with Crippen LogP contribution in [0.25, 0.3) is 0 Å². The van der Waals surface area contributed by atoms with Crippen molar-refractivity contribution in [2.45, 2.75) is 50.4 Å². The third kappa shape index (κ3) is 2.49. The summed E-state index contributed by atoms with van der Waals surface area (Å²) >= 11 is 1.73. The summed E-state index contributed by atoms with van der Waals surface area (Å²) in [6, 6.07) is 3.09. The molecule has 0 radical (unpaired) electrons. The van der Waals surface area contributed by atoms with Gasteiger partial charge in [0.1, 0.15) is 5.76 Å². The second kappa shape index (κ2) is 4.72. The lowest BCUT2D eigenvalue weighted by molar-refractivity contribution is 0.385. The van der Waals surface area contributed by atoms with Crippen LogP contribution >= 0.6 is 11.8 Å². The van der Waals surface area contributed by atoms with E-state index in [0.717, 1.165) is 22.4 Å². The quantitative estimate of drug-likeness (QED) is 0.877. The Morgan fingerprint density at radius 3 is 3.12 bits per heavy atom. The third-order valence-electron chi connectivity index (χ3n) is 3.35. The van der Waals surface area contributed by atoms with Crippen molar-refractivity contribution in [2.75, 3.05) is 0 Å². The summed E-state index contributed by atoms with van der Waals surface area (Å²) in [4.78, 5) is 4.74. The Hall–Kier alpha value is -0.970. The standard InChI is InChI=1S/C12H17N3OS/c1-8-6-9(15-16-8)7-17-12-13-10-4-2-3-5-11(10)14-12/h6,10-11H,2-5,7H2,1H3,(H,13,14)/t10-,11+. The van der Waals surface area contributed by atoms with Gasteiger partial charge >= 0.3 is 0 Å². The van der Waals surface area contributed by atoms with E-state index in [4.69, 9.17) is 9.52 Å². The largest absolute Gasteiger partial charge is 0.361 e. The van der Waals surface area contributed by atoms with E-state index in [0.29, 0.717) is 12.1 Å². The fraction of sp³-hybridized carbons (Fsp3) is 0.667. The van der Waals surface area contributed by atoms with E-state index in [1.807, 2.05) is 13.0 Å². The van der Waals surface area contributed by atoms with Gasteiger partial charge in [-0.25, -0.2) is 0 Å². The first-order valence-corrected chi connectivity index (χ1v) is 7.19. The highest BCUT2D eigenvalue weighted by molar-refractivity contribution is 8.13. The summed E-state index contributed by atoms with van der Waals surface area (Å²) < 4.78 is 5.05. The number of rotatable bonds is 2. The molecule has 1 aromatic rings. The van der Waals surface area contributed by atoms with Gasteiger partial charge in [-0.15, -0.1) is 0 Å². The Morgan fingerprint density at radius 2 is 2.35 bits per heavy atom. The summed E-state index contributed by atoms with van der Waals surface area (Å²) in [5.74, 6) is 1.71. The van der Waals surface area contributed by atoms with Crippen LogP contribution in [0.2, 0.25) is 0 Å². The number of thioether (sulfide) groups is 1. The Balaban J connectivity index is 1.56. The van der Waals surface area contributed by atoms with Crippen molar-refractivity contribution in [3.63, 3.8) is 0 Å². The molecule has 2 heterocycles. The monoisotopic (exact) mass is 251 g/mol. The van der Waals surface area contributed by atoms with Crippen LogP contribution in [-0.2, 0) is 5.75 Å². The van der Waals surface area contributed by atoms with E-state index in [2.05, 4.69) is 10.5 Å². The number of amidine groups is 1. The molecule has 17 heavy (non-hydrogen) atoms. The second-order valence-electron chi connectivity index (χ2n) is 4.75. The number of aliphatic imine (C=N–C) groups is 1. The van der Waals surface area contributed by atoms with Gasteiger partial charge in [-0.3, -0.25) is 4.99 Å². The summed E-state index contributed by atoms with van der Waals surface area (Å²) in [7, 11) is 0. The molecular weight excluding hydrogens is 234 g/mol. The molecule has 1 aliphatic heterocycles. The molecule has 1 aliphatic carbocycles. The van der Waals surface area contributed by atoms with Crippen molar-refractivity contribution in [3.05, 3.63) is 17.5 Å². The van der Waals surface area contributed by atoms with E-state index in [1.165, 1.54) is 25.7 Å². The zero-order chi connectivity index (χ0) is 11.7. The fourth-order valence-corrected chi connectivity index (χ4v) is 3.35. The fourth-order valence-electron chi connectivity index (χ4n) is 2.49. The van der Waals surface area contributed by atoms with Gasteiger partial charge in [0.2, 0.25) is 0 Å². The molecule has 1 N–H and O–H groups in total. The molecule has 5 heteroatoms. The van der Waals surface area contributed by atoms with Gasteiger partial charge in [-0.05, 0) is 19.8 Å². The van der Waals surface area contributed by atoms with Crippen LogP contribution in [0.15, 0.2) is 15.6 Å². The number of fused-ring (bicyclic) bond motifs is 1. The maximum Gasteiger partial charge on any atom is 0.157 e. The zero-order valence-corrected chi connectivity index (χ0v) is 10.8. The minimum absolute atomic E-state index is 0.519. The Kier molecular flexibility index (Phi) is 3.09. The number of nitrogens with zero attached hydrogens (tertiary/aromatic N) is 2. The van der Waals surface area contributed by atoms with E-state index >= 15 is 0 Å². The van der Waals surface area contributed by atoms with Crippen LogP contribution in [0.3, 0.4) is 0 Å². The smallest absolute Gasteiger partial charge is 0.157 e. The van der Waals surface area contributed by atoms with Crippen LogP contribution < -0.4 is 5.32 Å². The van der Waals surface area contributed by atoms with E-state index in [9.17, 15) is 0 Å². The van der Waals surface area contributed by atoms with E-state index in [1.54, 1.807) is 11.8 Å². The zero-order valence-electron chi connectivity index (χ0n) is 9.98. The lowest BCUT2D eigenvalue weighted by atomic mass is 9.92. The summed E-state index contributed by atoms with van der Waals surface area (Å²) in [6.07, 6.45) is 5.17. The lowest BCUT2D eigenvalue weighted by Gasteiger charge is -2.23. The molecule has 1 aromatic heterocycles. The number of nitrogens with one attached hydrogen (secondary N) is 1. The van der Waals surface area contributed by atoms with Crippen LogP contribution in [0, 0.1) is 6.92 Å². The molecule has 0 spiro atoms. The van der Waals surface area contributed by atoms with Gasteiger partial charge in [0.25, 0.3) is 0 Å². The van der Waals surface area contributed by atoms with Crippen LogP contribution in [-0.4, -0.2) is 22.4 Å². The first-order valence-electron chi connectivity index (χ1n) is 6.20. The molecule has 0 bridgehead atoms. The number of hydrogen-bond donors (Lipinski definition) is 1. The highest BCUT2D eigenvalue weighted by Crippen LogP contribution is 2.27. The summed E-state index contributed by atoms with van der Waals surface area (Å²) in [6.45, 7) is 1.92. The molecule has 1 saturated carbocycles. The molecule has 0 saturated heterocycles. The van der Waals surface area contributed by atoms with E-state index in [-0.39, 0.29) is 0 Å². The Labute approximate surface area is 105 Å². The summed E-state index contributed by atoms with van der Waals surface area (Å²) in [5, 5.41) is 8.60. The molecule has 0 amide bonds. The molecule has 2 atom stereocenters. The van der Waals surface area contributed by atoms with Crippen LogP contribution in [0.1, 0.15) is 37.1 Å². The van der Waals surface area contributed by atoms with Crippen molar-refractivity contribution < 1.29 is 4.52 Å². The molecule has 2 aliphatic rings. The topological polar surface area (TPSA) is 50.4 Å². The minimum Gasteiger partial charge on any atom is -0.361 e. The maximum absolute atomic E-state index is 5.05. The van der Waals surface area contributed by atoms with Gasteiger partial charge in [-0.2, -0.15) is 0 Å². The Bertz CT molecular complexity index is 429. The predicted molar refractivity (Wildman–Crippen MR) is 69.1 cm³/mol. The first-order chi connectivity index (χ1) is 8.31. The van der Waals surface area contributed by atoms with Gasteiger partial charge in [0.15, 0.2) is 5.17 Å². The van der Waals surface area contributed by atoms with Gasteiger partial charge < -0.3 is 9.84 Å². The van der Waals surface area contributed by atoms with Crippen molar-refractivity contribution in [3.8, 4) is 0 Å². The van der Waals surface area contributed by atoms with Gasteiger partial charge in [-0.1, -0.05) is 29.8 Å². The highest BCUT2D eigenvalue weighted by atomic mass is 32.2. The number of aryl methyl sites for hydroxylation is 1. The number of hydrogen-bond acceptors (Lipinski definition) is 5.